The van der Waals surface area contributed by atoms with E-state index in [0.29, 0.717) is 0 Å². The molecule has 0 fully saturated rings. The second-order valence-corrected chi connectivity index (χ2v) is 3.14. The van der Waals surface area contributed by atoms with Crippen molar-refractivity contribution in [3.05, 3.63) is 0 Å². The highest BCUT2D eigenvalue weighted by molar-refractivity contribution is 5.80. The third-order valence-electron chi connectivity index (χ3n) is 1.20. The summed E-state index contributed by atoms with van der Waals surface area (Å²) in [5.41, 5.74) is 0. The number of hydrogen-bond acceptors (Lipinski definition) is 4. The molecule has 0 aromatic carbocycles. The Morgan fingerprint density at radius 3 is 2.31 bits per heavy atom. The minimum absolute atomic E-state index is 0.168. The van der Waals surface area contributed by atoms with Gasteiger partial charge in [0.2, 0.25) is 0 Å². The number of ether oxygens (including phenoxy) is 1. The predicted molar refractivity (Wildman–Crippen MR) is 44.1 cm³/mol. The Morgan fingerprint density at radius 1 is 1.38 bits per heavy atom. The summed E-state index contributed by atoms with van der Waals surface area (Å²) in [6.07, 6.45) is -2.17. The maximum absolute atomic E-state index is 10.8. The molecule has 0 radical (unpaired) electrons. The summed E-state index contributed by atoms with van der Waals surface area (Å²) in [5, 5.41) is 17.2. The Kier molecular flexibility index (Phi) is 5.06. The fourth-order valence-corrected chi connectivity index (χ4v) is 0.594. The number of hydrogen-bond donors (Lipinski definition) is 2. The van der Waals surface area contributed by atoms with Crippen LogP contribution in [0.2, 0.25) is 0 Å². The lowest BCUT2D eigenvalue weighted by Crippen LogP contribution is -2.27. The molecule has 0 saturated carbocycles. The SMILES string of the molecule is CC(C)COC(=O)C(O)CC(=O)O. The molecule has 0 amide bonds. The minimum atomic E-state index is -1.56. The maximum Gasteiger partial charge on any atom is 0.335 e. The lowest BCUT2D eigenvalue weighted by Gasteiger charge is -2.09. The van der Waals surface area contributed by atoms with Crippen LogP contribution in [0.15, 0.2) is 0 Å². The molecule has 0 rings (SSSR count). The second-order valence-electron chi connectivity index (χ2n) is 3.14. The molecule has 0 bridgehead atoms. The molecular formula is C8H14O5. The summed E-state index contributed by atoms with van der Waals surface area (Å²) >= 11 is 0. The first-order valence-corrected chi connectivity index (χ1v) is 4.00. The number of esters is 1. The van der Waals surface area contributed by atoms with Gasteiger partial charge in [0.15, 0.2) is 6.10 Å². The number of carbonyl (C=O) groups is 2. The summed E-state index contributed by atoms with van der Waals surface area (Å²) in [7, 11) is 0. The van der Waals surface area contributed by atoms with Crippen LogP contribution in [-0.2, 0) is 14.3 Å². The minimum Gasteiger partial charge on any atom is -0.481 e. The van der Waals surface area contributed by atoms with Gasteiger partial charge in [0, 0.05) is 0 Å². The Bertz CT molecular complexity index is 187. The Hall–Kier alpha value is -1.10. The van der Waals surface area contributed by atoms with Crippen LogP contribution < -0.4 is 0 Å². The highest BCUT2D eigenvalue weighted by Gasteiger charge is 2.19. The molecule has 0 aliphatic carbocycles. The van der Waals surface area contributed by atoms with Gasteiger partial charge >= 0.3 is 11.9 Å². The van der Waals surface area contributed by atoms with E-state index in [1.165, 1.54) is 0 Å². The molecule has 13 heavy (non-hydrogen) atoms. The van der Waals surface area contributed by atoms with Crippen LogP contribution >= 0.6 is 0 Å². The zero-order valence-corrected chi connectivity index (χ0v) is 7.69. The Balaban J connectivity index is 3.76. The van der Waals surface area contributed by atoms with Crippen molar-refractivity contribution in [3.8, 4) is 0 Å². The zero-order chi connectivity index (χ0) is 10.4. The van der Waals surface area contributed by atoms with Crippen molar-refractivity contribution in [1.82, 2.24) is 0 Å². The van der Waals surface area contributed by atoms with Gasteiger partial charge in [-0.1, -0.05) is 13.8 Å². The van der Waals surface area contributed by atoms with E-state index in [-0.39, 0.29) is 12.5 Å². The van der Waals surface area contributed by atoms with E-state index in [1.807, 2.05) is 13.8 Å². The van der Waals surface area contributed by atoms with Crippen molar-refractivity contribution >= 4 is 11.9 Å². The number of aliphatic hydroxyl groups excluding tert-OH is 1. The third kappa shape index (κ3) is 6.10. The van der Waals surface area contributed by atoms with Gasteiger partial charge in [0.1, 0.15) is 0 Å². The van der Waals surface area contributed by atoms with Crippen molar-refractivity contribution in [2.24, 2.45) is 5.92 Å². The van der Waals surface area contributed by atoms with Gasteiger partial charge in [-0.2, -0.15) is 0 Å². The smallest absolute Gasteiger partial charge is 0.335 e. The normalized spacial score (nSPS) is 12.6. The van der Waals surface area contributed by atoms with E-state index in [4.69, 9.17) is 10.2 Å². The van der Waals surface area contributed by atoms with Crippen LogP contribution in [0.1, 0.15) is 20.3 Å². The van der Waals surface area contributed by atoms with Crippen molar-refractivity contribution in [2.75, 3.05) is 6.61 Å². The molecule has 0 aliphatic heterocycles. The lowest BCUT2D eigenvalue weighted by atomic mass is 10.2. The molecule has 76 valence electrons. The van der Waals surface area contributed by atoms with Crippen molar-refractivity contribution in [2.45, 2.75) is 26.4 Å². The first kappa shape index (κ1) is 11.9. The van der Waals surface area contributed by atoms with Gasteiger partial charge in [0.25, 0.3) is 0 Å². The van der Waals surface area contributed by atoms with Gasteiger partial charge < -0.3 is 14.9 Å². The third-order valence-corrected chi connectivity index (χ3v) is 1.20. The average Bonchev–Trinajstić information content (AvgIpc) is 1.98. The molecular weight excluding hydrogens is 176 g/mol. The van der Waals surface area contributed by atoms with E-state index in [0.717, 1.165) is 0 Å². The molecule has 5 heteroatoms. The first-order valence-electron chi connectivity index (χ1n) is 4.00. The van der Waals surface area contributed by atoms with Crippen molar-refractivity contribution < 1.29 is 24.5 Å². The van der Waals surface area contributed by atoms with Crippen LogP contribution in [0.3, 0.4) is 0 Å². The topological polar surface area (TPSA) is 83.8 Å². The standard InChI is InChI=1S/C8H14O5/c1-5(2)4-13-8(12)6(9)3-7(10)11/h5-6,9H,3-4H2,1-2H3,(H,10,11). The molecule has 5 nitrogen and oxygen atoms in total. The molecule has 0 saturated heterocycles. The van der Waals surface area contributed by atoms with Gasteiger partial charge in [0.05, 0.1) is 13.0 Å². The summed E-state index contributed by atoms with van der Waals surface area (Å²) in [6.45, 7) is 3.88. The lowest BCUT2D eigenvalue weighted by molar-refractivity contribution is -0.159. The first-order chi connectivity index (χ1) is 5.93. The highest BCUT2D eigenvalue weighted by atomic mass is 16.5. The van der Waals surface area contributed by atoms with Crippen LogP contribution in [0.4, 0.5) is 0 Å². The van der Waals surface area contributed by atoms with Crippen molar-refractivity contribution in [1.29, 1.82) is 0 Å². The maximum atomic E-state index is 10.8. The van der Waals surface area contributed by atoms with E-state index in [1.54, 1.807) is 0 Å². The van der Waals surface area contributed by atoms with Gasteiger partial charge in [-0.05, 0) is 5.92 Å². The predicted octanol–water partition coefficient (Wildman–Crippen LogP) is 0.0212. The molecule has 0 aliphatic rings. The average molecular weight is 190 g/mol. The van der Waals surface area contributed by atoms with E-state index in [2.05, 4.69) is 4.74 Å². The molecule has 2 N–H and O–H groups in total. The van der Waals surface area contributed by atoms with Crippen LogP contribution in [0, 0.1) is 5.92 Å². The second kappa shape index (κ2) is 5.53. The molecule has 1 unspecified atom stereocenters. The summed E-state index contributed by atoms with van der Waals surface area (Å²) in [4.78, 5) is 20.9. The fourth-order valence-electron chi connectivity index (χ4n) is 0.594. The largest absolute Gasteiger partial charge is 0.481 e. The van der Waals surface area contributed by atoms with Crippen LogP contribution in [-0.4, -0.2) is 34.9 Å². The summed E-state index contributed by atoms with van der Waals surface area (Å²) in [5.74, 6) is -1.94. The summed E-state index contributed by atoms with van der Waals surface area (Å²) in [6, 6.07) is 0. The van der Waals surface area contributed by atoms with Crippen LogP contribution in [0.25, 0.3) is 0 Å². The Morgan fingerprint density at radius 2 is 1.92 bits per heavy atom. The monoisotopic (exact) mass is 190 g/mol. The molecule has 0 heterocycles. The van der Waals surface area contributed by atoms with Crippen LogP contribution in [0.5, 0.6) is 0 Å². The van der Waals surface area contributed by atoms with Gasteiger partial charge in [-0.3, -0.25) is 4.79 Å². The number of carboxylic acids is 1. The van der Waals surface area contributed by atoms with E-state index in [9.17, 15) is 9.59 Å². The number of aliphatic hydroxyl groups is 1. The highest BCUT2D eigenvalue weighted by Crippen LogP contribution is 1.98. The molecule has 0 aromatic heterocycles. The van der Waals surface area contributed by atoms with E-state index < -0.39 is 24.5 Å². The number of carbonyl (C=O) groups excluding carboxylic acids is 1. The number of aliphatic carboxylic acids is 1. The zero-order valence-electron chi connectivity index (χ0n) is 7.69. The Labute approximate surface area is 76.3 Å². The number of carboxylic acid groups (broad SMARTS) is 1. The quantitative estimate of drug-likeness (QED) is 0.597. The van der Waals surface area contributed by atoms with Gasteiger partial charge in [-0.15, -0.1) is 0 Å². The van der Waals surface area contributed by atoms with Gasteiger partial charge in [-0.25, -0.2) is 4.79 Å². The molecule has 0 spiro atoms. The number of rotatable bonds is 5. The van der Waals surface area contributed by atoms with Crippen molar-refractivity contribution in [3.63, 3.8) is 0 Å². The molecule has 0 aromatic rings. The fraction of sp³-hybridized carbons (Fsp3) is 0.750. The van der Waals surface area contributed by atoms with E-state index >= 15 is 0 Å². The summed E-state index contributed by atoms with van der Waals surface area (Å²) < 4.78 is 4.61. The molecule has 1 atom stereocenters.